The third-order valence-corrected chi connectivity index (χ3v) is 5.40. The van der Waals surface area contributed by atoms with Crippen LogP contribution in [-0.4, -0.2) is 30.5 Å². The van der Waals surface area contributed by atoms with E-state index in [-0.39, 0.29) is 11.9 Å². The molecule has 0 saturated heterocycles. The van der Waals surface area contributed by atoms with Crippen molar-refractivity contribution in [3.63, 3.8) is 0 Å². The van der Waals surface area contributed by atoms with Crippen LogP contribution in [0, 0.1) is 0 Å². The molecule has 1 unspecified atom stereocenters. The zero-order valence-electron chi connectivity index (χ0n) is 14.4. The van der Waals surface area contributed by atoms with E-state index in [1.165, 1.54) is 23.3 Å². The van der Waals surface area contributed by atoms with E-state index in [0.717, 1.165) is 24.1 Å². The van der Waals surface area contributed by atoms with Crippen LogP contribution >= 0.6 is 11.3 Å². The number of benzene rings is 1. The number of nitrogens with zero attached hydrogens (tertiary/aromatic N) is 1. The Hall–Kier alpha value is -2.18. The van der Waals surface area contributed by atoms with Crippen LogP contribution in [0.3, 0.4) is 0 Å². The topological polar surface area (TPSA) is 55.8 Å². The molecule has 2 heterocycles. The van der Waals surface area contributed by atoms with Gasteiger partial charge in [0.05, 0.1) is 7.11 Å². The summed E-state index contributed by atoms with van der Waals surface area (Å²) in [5.74, 6) is -0.491. The summed E-state index contributed by atoms with van der Waals surface area (Å²) in [6, 6.07) is 11.2. The molecule has 132 valence electrons. The lowest BCUT2D eigenvalue weighted by Crippen LogP contribution is -2.38. The number of fused-ring (bicyclic) bond motifs is 1. The molecule has 0 saturated carbocycles. The highest BCUT2D eigenvalue weighted by Gasteiger charge is 2.32. The van der Waals surface area contributed by atoms with E-state index in [1.807, 2.05) is 36.4 Å². The Morgan fingerprint density at radius 3 is 2.72 bits per heavy atom. The maximum atomic E-state index is 12.4. The Morgan fingerprint density at radius 2 is 2.04 bits per heavy atom. The van der Waals surface area contributed by atoms with Gasteiger partial charge in [-0.15, -0.1) is 11.3 Å². The van der Waals surface area contributed by atoms with E-state index < -0.39 is 6.04 Å². The third-order valence-electron chi connectivity index (χ3n) is 4.28. The molecular weight excluding hydrogens is 338 g/mol. The van der Waals surface area contributed by atoms with Gasteiger partial charge in [-0.25, -0.2) is 4.79 Å². The van der Waals surface area contributed by atoms with Crippen molar-refractivity contribution in [2.45, 2.75) is 32.4 Å². The highest BCUT2D eigenvalue weighted by atomic mass is 32.1. The van der Waals surface area contributed by atoms with Gasteiger partial charge >= 0.3 is 11.9 Å². The molecule has 1 atom stereocenters. The van der Waals surface area contributed by atoms with E-state index in [1.54, 1.807) is 6.92 Å². The van der Waals surface area contributed by atoms with E-state index in [9.17, 15) is 9.59 Å². The number of thiophene rings is 1. The average molecular weight is 359 g/mol. The van der Waals surface area contributed by atoms with Crippen LogP contribution in [0.4, 0.5) is 0 Å². The van der Waals surface area contributed by atoms with Crippen LogP contribution in [0.1, 0.15) is 35.4 Å². The van der Waals surface area contributed by atoms with Gasteiger partial charge in [0.25, 0.3) is 0 Å². The van der Waals surface area contributed by atoms with Gasteiger partial charge in [0, 0.05) is 24.4 Å². The van der Waals surface area contributed by atoms with Crippen LogP contribution in [0.15, 0.2) is 36.4 Å². The molecule has 1 aromatic carbocycles. The predicted molar refractivity (Wildman–Crippen MR) is 95.6 cm³/mol. The molecular formula is C19H21NO4S. The molecule has 3 rings (SSSR count). The van der Waals surface area contributed by atoms with Gasteiger partial charge in [-0.2, -0.15) is 0 Å². The molecule has 1 aromatic heterocycles. The van der Waals surface area contributed by atoms with Crippen molar-refractivity contribution in [1.29, 1.82) is 0 Å². The van der Waals surface area contributed by atoms with Gasteiger partial charge in [-0.1, -0.05) is 37.3 Å². The van der Waals surface area contributed by atoms with Crippen molar-refractivity contribution in [2.75, 3.05) is 13.7 Å². The number of ether oxygens (including phenoxy) is 2. The summed E-state index contributed by atoms with van der Waals surface area (Å²) in [5.41, 5.74) is 2.03. The van der Waals surface area contributed by atoms with E-state index >= 15 is 0 Å². The summed E-state index contributed by atoms with van der Waals surface area (Å²) in [6.45, 7) is 3.16. The molecule has 0 radical (unpaired) electrons. The fourth-order valence-electron chi connectivity index (χ4n) is 3.03. The first-order valence-electron chi connectivity index (χ1n) is 8.31. The number of hydrogen-bond donors (Lipinski definition) is 0. The quantitative estimate of drug-likeness (QED) is 0.767. The molecule has 0 N–H and O–H groups in total. The van der Waals surface area contributed by atoms with Crippen LogP contribution in [0.5, 0.6) is 5.06 Å². The molecule has 0 amide bonds. The minimum absolute atomic E-state index is 0.229. The molecule has 1 aliphatic heterocycles. The molecule has 1 aliphatic rings. The largest absolute Gasteiger partial charge is 0.468 e. The fraction of sp³-hybridized carbons (Fsp3) is 0.368. The summed E-state index contributed by atoms with van der Waals surface area (Å²) in [6.07, 6.45) is 1.18. The lowest BCUT2D eigenvalue weighted by molar-refractivity contribution is -0.147. The van der Waals surface area contributed by atoms with Crippen molar-refractivity contribution in [3.05, 3.63) is 52.4 Å². The second-order valence-electron chi connectivity index (χ2n) is 5.90. The summed E-state index contributed by atoms with van der Waals surface area (Å²) in [5, 5.41) is 0.632. The second-order valence-corrected chi connectivity index (χ2v) is 7.00. The number of hydrogen-bond acceptors (Lipinski definition) is 6. The van der Waals surface area contributed by atoms with Gasteiger partial charge < -0.3 is 9.47 Å². The molecule has 6 heteroatoms. The summed E-state index contributed by atoms with van der Waals surface area (Å²) in [7, 11) is 1.42. The summed E-state index contributed by atoms with van der Waals surface area (Å²) < 4.78 is 10.4. The zero-order valence-corrected chi connectivity index (χ0v) is 15.2. The fourth-order valence-corrected chi connectivity index (χ4v) is 4.05. The zero-order chi connectivity index (χ0) is 17.8. The first kappa shape index (κ1) is 17.6. The average Bonchev–Trinajstić information content (AvgIpc) is 3.04. The lowest BCUT2D eigenvalue weighted by Gasteiger charge is -2.32. The lowest BCUT2D eigenvalue weighted by atomic mass is 10.0. The van der Waals surface area contributed by atoms with E-state index in [0.29, 0.717) is 18.0 Å². The van der Waals surface area contributed by atoms with Crippen molar-refractivity contribution >= 4 is 23.3 Å². The second kappa shape index (κ2) is 7.80. The van der Waals surface area contributed by atoms with Crippen molar-refractivity contribution in [1.82, 2.24) is 4.90 Å². The summed E-state index contributed by atoms with van der Waals surface area (Å²) >= 11 is 1.52. The Balaban J connectivity index is 1.82. The molecule has 0 bridgehead atoms. The molecule has 0 aliphatic carbocycles. The molecule has 5 nitrogen and oxygen atoms in total. The van der Waals surface area contributed by atoms with E-state index in [4.69, 9.17) is 9.47 Å². The standard InChI is InChI=1S/C19H21NO4S/c1-3-16(21)24-17-11-14-12-20(10-9-15(14)25-17)18(19(22)23-2)13-7-5-4-6-8-13/h4-8,11,18H,3,9-10,12H2,1-2H3. The van der Waals surface area contributed by atoms with Crippen LogP contribution < -0.4 is 4.74 Å². The van der Waals surface area contributed by atoms with Crippen LogP contribution in [-0.2, 0) is 27.3 Å². The number of carbonyl (C=O) groups excluding carboxylic acids is 2. The Labute approximate surface area is 151 Å². The van der Waals surface area contributed by atoms with Crippen molar-refractivity contribution in [3.8, 4) is 5.06 Å². The molecule has 0 spiro atoms. The maximum absolute atomic E-state index is 12.4. The highest BCUT2D eigenvalue weighted by Crippen LogP contribution is 2.36. The monoisotopic (exact) mass is 359 g/mol. The minimum Gasteiger partial charge on any atom is -0.468 e. The van der Waals surface area contributed by atoms with Gasteiger partial charge in [-0.05, 0) is 23.6 Å². The van der Waals surface area contributed by atoms with Crippen LogP contribution in [0.25, 0.3) is 0 Å². The first-order valence-corrected chi connectivity index (χ1v) is 9.13. The third kappa shape index (κ3) is 3.91. The number of carbonyl (C=O) groups is 2. The smallest absolute Gasteiger partial charge is 0.327 e. The van der Waals surface area contributed by atoms with Crippen molar-refractivity contribution < 1.29 is 19.1 Å². The Morgan fingerprint density at radius 1 is 1.28 bits per heavy atom. The number of rotatable bonds is 5. The minimum atomic E-state index is -0.430. The van der Waals surface area contributed by atoms with Crippen LogP contribution in [0.2, 0.25) is 0 Å². The first-order chi connectivity index (χ1) is 12.1. The Bertz CT molecular complexity index is 756. The predicted octanol–water partition coefficient (Wildman–Crippen LogP) is 3.34. The Kier molecular flexibility index (Phi) is 5.50. The number of methoxy groups -OCH3 is 1. The molecule has 0 fully saturated rings. The maximum Gasteiger partial charge on any atom is 0.327 e. The van der Waals surface area contributed by atoms with Gasteiger partial charge in [0.2, 0.25) is 0 Å². The molecule has 2 aromatic rings. The van der Waals surface area contributed by atoms with Gasteiger partial charge in [0.15, 0.2) is 5.06 Å². The molecule has 25 heavy (non-hydrogen) atoms. The SMILES string of the molecule is CCC(=O)Oc1cc2c(s1)CCN(C(C(=O)OC)c1ccccc1)C2. The highest BCUT2D eigenvalue weighted by molar-refractivity contribution is 7.14. The van der Waals surface area contributed by atoms with Gasteiger partial charge in [-0.3, -0.25) is 9.69 Å². The normalized spacial score (nSPS) is 15.3. The number of esters is 2. The van der Waals surface area contributed by atoms with Crippen molar-refractivity contribution in [2.24, 2.45) is 0 Å². The van der Waals surface area contributed by atoms with E-state index in [2.05, 4.69) is 4.90 Å². The van der Waals surface area contributed by atoms with Gasteiger partial charge in [0.1, 0.15) is 6.04 Å². The summed E-state index contributed by atoms with van der Waals surface area (Å²) in [4.78, 5) is 27.2.